The average Bonchev–Trinajstić information content (AvgIpc) is 3.27. The van der Waals surface area contributed by atoms with Crippen molar-refractivity contribution in [2.24, 2.45) is 5.41 Å². The number of ether oxygens (including phenoxy) is 1. The molecule has 2 atom stereocenters. The maximum Gasteiger partial charge on any atom is 0.750 e. The fraction of sp³-hybridized carbons (Fsp3) is 0.263. The summed E-state index contributed by atoms with van der Waals surface area (Å²) in [6.07, 6.45) is 3.67. The van der Waals surface area contributed by atoms with Crippen molar-refractivity contribution >= 4 is 53.5 Å². The summed E-state index contributed by atoms with van der Waals surface area (Å²) in [5, 5.41) is 0. The number of nitrogen functional groups attached to an aromatic ring is 1. The number of nitrogens with two attached hydrogens (primary N) is 1. The van der Waals surface area contributed by atoms with Gasteiger partial charge in [-0.25, -0.2) is 9.51 Å². The summed E-state index contributed by atoms with van der Waals surface area (Å²) in [6.45, 7) is 1.35. The molecule has 2 heterocycles. The number of rotatable bonds is 8. The number of carbonyl (C=O) groups excluding carboxylic acids is 1. The number of carbonyl (C=O) groups is 1. The molecular weight excluding hydrogens is 505 g/mol. The molecule has 11 nitrogen and oxygen atoms in total. The Kier molecular flexibility index (Phi) is 6.09. The third-order valence-corrected chi connectivity index (χ3v) is 6.05. The molecule has 13 heteroatoms. The highest BCUT2D eigenvalue weighted by molar-refractivity contribution is 9.10. The molecule has 1 unspecified atom stereocenters. The number of esters is 1. The summed E-state index contributed by atoms with van der Waals surface area (Å²) < 4.78 is 30.6. The summed E-state index contributed by atoms with van der Waals surface area (Å²) >= 11 is 3.32. The molecule has 0 amide bonds. The predicted molar refractivity (Wildman–Crippen MR) is 119 cm³/mol. The monoisotopic (exact) mass is 522 g/mol. The molecule has 0 spiro atoms. The fourth-order valence-corrected chi connectivity index (χ4v) is 4.02. The minimum Gasteiger partial charge on any atom is -0.465 e. The number of aromatic amines is 1. The Hall–Kier alpha value is -3.08. The zero-order valence-corrected chi connectivity index (χ0v) is 19.3. The SMILES string of the molecule is CC(=O)OC[C@]1(CO[P+](=O)Oc2ccc(Br)cc2)C/C1=C/n1cnc2c(=O)[nH]c(N)nc21. The summed E-state index contributed by atoms with van der Waals surface area (Å²) in [5.74, 6) is -0.0797. The van der Waals surface area contributed by atoms with Gasteiger partial charge in [0, 0.05) is 22.2 Å². The number of hydrogen-bond donors (Lipinski definition) is 2. The van der Waals surface area contributed by atoms with Gasteiger partial charge in [0.25, 0.3) is 5.56 Å². The van der Waals surface area contributed by atoms with Crippen molar-refractivity contribution in [2.75, 3.05) is 18.9 Å². The predicted octanol–water partition coefficient (Wildman–Crippen LogP) is 3.01. The van der Waals surface area contributed by atoms with E-state index in [4.69, 9.17) is 19.5 Å². The normalized spacial score (nSPS) is 19.2. The van der Waals surface area contributed by atoms with Crippen LogP contribution in [0.2, 0.25) is 0 Å². The smallest absolute Gasteiger partial charge is 0.465 e. The van der Waals surface area contributed by atoms with E-state index >= 15 is 0 Å². The molecule has 0 saturated heterocycles. The minimum absolute atomic E-state index is 0.000621. The number of benzene rings is 1. The third kappa shape index (κ3) is 4.87. The topological polar surface area (TPSA) is 151 Å². The number of anilines is 1. The quantitative estimate of drug-likeness (QED) is 0.335. The molecule has 32 heavy (non-hydrogen) atoms. The van der Waals surface area contributed by atoms with Crippen molar-refractivity contribution in [3.63, 3.8) is 0 Å². The van der Waals surface area contributed by atoms with Gasteiger partial charge in [0.05, 0.1) is 5.41 Å². The third-order valence-electron chi connectivity index (χ3n) is 4.82. The molecule has 1 saturated carbocycles. The minimum atomic E-state index is -2.45. The first-order valence-corrected chi connectivity index (χ1v) is 11.3. The first-order chi connectivity index (χ1) is 15.3. The Morgan fingerprint density at radius 3 is 2.84 bits per heavy atom. The first-order valence-electron chi connectivity index (χ1n) is 9.36. The van der Waals surface area contributed by atoms with Gasteiger partial charge in [0.1, 0.15) is 19.5 Å². The number of hydrogen-bond acceptors (Lipinski definition) is 9. The number of fused-ring (bicyclic) bond motifs is 1. The lowest BCUT2D eigenvalue weighted by Crippen LogP contribution is -2.19. The van der Waals surface area contributed by atoms with Gasteiger partial charge in [0.2, 0.25) is 5.95 Å². The van der Waals surface area contributed by atoms with Gasteiger partial charge in [-0.05, 0) is 36.3 Å². The van der Waals surface area contributed by atoms with Crippen LogP contribution in [0.4, 0.5) is 5.95 Å². The molecule has 4 rings (SSSR count). The van der Waals surface area contributed by atoms with E-state index in [1.54, 1.807) is 35.0 Å². The van der Waals surface area contributed by atoms with E-state index < -0.39 is 25.2 Å². The molecule has 0 radical (unpaired) electrons. The van der Waals surface area contributed by atoms with Crippen molar-refractivity contribution in [1.82, 2.24) is 19.5 Å². The van der Waals surface area contributed by atoms with E-state index in [0.717, 1.165) is 10.0 Å². The van der Waals surface area contributed by atoms with Crippen molar-refractivity contribution in [3.8, 4) is 5.75 Å². The van der Waals surface area contributed by atoms with E-state index in [-0.39, 0.29) is 30.3 Å². The number of nitrogens with one attached hydrogen (secondary N) is 1. The molecule has 3 aromatic rings. The van der Waals surface area contributed by atoms with Gasteiger partial charge in [-0.1, -0.05) is 15.9 Å². The lowest BCUT2D eigenvalue weighted by Gasteiger charge is -2.11. The van der Waals surface area contributed by atoms with E-state index in [1.807, 2.05) is 0 Å². The second-order valence-electron chi connectivity index (χ2n) is 7.21. The van der Waals surface area contributed by atoms with E-state index in [1.165, 1.54) is 13.3 Å². The lowest BCUT2D eigenvalue weighted by molar-refractivity contribution is -0.142. The second-order valence-corrected chi connectivity index (χ2v) is 9.01. The van der Waals surface area contributed by atoms with Crippen LogP contribution in [0.25, 0.3) is 17.4 Å². The molecule has 0 aliphatic heterocycles. The van der Waals surface area contributed by atoms with Crippen molar-refractivity contribution in [2.45, 2.75) is 13.3 Å². The van der Waals surface area contributed by atoms with Crippen LogP contribution >= 0.6 is 24.2 Å². The highest BCUT2D eigenvalue weighted by Crippen LogP contribution is 2.54. The van der Waals surface area contributed by atoms with Crippen LogP contribution in [-0.2, 0) is 18.6 Å². The van der Waals surface area contributed by atoms with Crippen molar-refractivity contribution < 1.29 is 23.1 Å². The molecule has 166 valence electrons. The molecule has 3 N–H and O–H groups in total. The zero-order valence-electron chi connectivity index (χ0n) is 16.8. The van der Waals surface area contributed by atoms with E-state index in [0.29, 0.717) is 12.2 Å². The Morgan fingerprint density at radius 2 is 2.12 bits per heavy atom. The number of imidazole rings is 1. The molecule has 1 fully saturated rings. The van der Waals surface area contributed by atoms with Gasteiger partial charge in [0.15, 0.2) is 16.9 Å². The number of halogens is 1. The summed E-state index contributed by atoms with van der Waals surface area (Å²) in [4.78, 5) is 33.9. The van der Waals surface area contributed by atoms with Crippen molar-refractivity contribution in [3.05, 3.63) is 51.0 Å². The van der Waals surface area contributed by atoms with Crippen LogP contribution in [-0.4, -0.2) is 38.7 Å². The molecular formula is C19H18BrN5O6P+. The van der Waals surface area contributed by atoms with Gasteiger partial charge in [-0.15, -0.1) is 4.52 Å². The molecule has 0 bridgehead atoms. The number of H-pyrrole nitrogens is 1. The molecule has 1 aliphatic rings. The molecule has 1 aromatic carbocycles. The van der Waals surface area contributed by atoms with Crippen LogP contribution in [0, 0.1) is 5.41 Å². The molecule has 1 aliphatic carbocycles. The standard InChI is InChI=1S/C19H17BrN5O6P/c1-11(26)29-8-19(9-30-32(28)31-14-4-2-13(20)3-5-14)6-12(19)7-25-10-22-15-16(25)23-18(21)24-17(15)27/h2-5,7,10H,6,8-9H2,1H3,(H2-,21,23,24,27)/p+1/b12-7-/t19-/m0/s1. The van der Waals surface area contributed by atoms with Crippen LogP contribution in [0.3, 0.4) is 0 Å². The Bertz CT molecular complexity index is 1290. The average molecular weight is 523 g/mol. The summed E-state index contributed by atoms with van der Waals surface area (Å²) in [7, 11) is -2.45. The van der Waals surface area contributed by atoms with E-state index in [9.17, 15) is 14.2 Å². The van der Waals surface area contributed by atoms with Crippen molar-refractivity contribution in [1.29, 1.82) is 0 Å². The van der Waals surface area contributed by atoms with E-state index in [2.05, 4.69) is 30.9 Å². The highest BCUT2D eigenvalue weighted by Gasteiger charge is 2.53. The summed E-state index contributed by atoms with van der Waals surface area (Å²) in [5.41, 5.74) is 5.78. The summed E-state index contributed by atoms with van der Waals surface area (Å²) in [6, 6.07) is 6.82. The van der Waals surface area contributed by atoms with Gasteiger partial charge >= 0.3 is 14.2 Å². The Labute approximate surface area is 190 Å². The van der Waals surface area contributed by atoms with Gasteiger partial charge in [-0.2, -0.15) is 4.98 Å². The van der Waals surface area contributed by atoms with Gasteiger partial charge in [-0.3, -0.25) is 19.1 Å². The first kappa shape index (κ1) is 22.1. The van der Waals surface area contributed by atoms with Crippen LogP contribution in [0.15, 0.2) is 45.4 Å². The lowest BCUT2D eigenvalue weighted by atomic mass is 10.1. The zero-order chi connectivity index (χ0) is 22.9. The number of aromatic nitrogens is 4. The van der Waals surface area contributed by atoms with Gasteiger partial charge < -0.3 is 10.5 Å². The van der Waals surface area contributed by atoms with Crippen LogP contribution < -0.4 is 15.8 Å². The fourth-order valence-electron chi connectivity index (χ4n) is 3.06. The highest BCUT2D eigenvalue weighted by atomic mass is 79.9. The Balaban J connectivity index is 1.51. The number of nitrogens with zero attached hydrogens (tertiary/aromatic N) is 3. The van der Waals surface area contributed by atoms with Crippen LogP contribution in [0.5, 0.6) is 5.75 Å². The maximum atomic E-state index is 12.3. The largest absolute Gasteiger partial charge is 0.750 e. The Morgan fingerprint density at radius 1 is 1.38 bits per heavy atom. The maximum absolute atomic E-state index is 12.3. The van der Waals surface area contributed by atoms with Crippen LogP contribution in [0.1, 0.15) is 13.3 Å². The second kappa shape index (κ2) is 8.81. The molecule has 2 aromatic heterocycles.